The maximum atomic E-state index is 12.6. The highest BCUT2D eigenvalue weighted by molar-refractivity contribution is 5.27. The molecule has 1 aromatic carbocycles. The second kappa shape index (κ2) is 5.05. The number of halogens is 3. The molecule has 0 amide bonds. The number of alkyl halides is 3. The Morgan fingerprint density at radius 2 is 2.11 bits per heavy atom. The summed E-state index contributed by atoms with van der Waals surface area (Å²) in [7, 11) is 0. The number of rotatable bonds is 3. The minimum absolute atomic E-state index is 0.205. The predicted molar refractivity (Wildman–Crippen MR) is 63.4 cm³/mol. The zero-order valence-corrected chi connectivity index (χ0v) is 10.2. The third kappa shape index (κ3) is 3.35. The van der Waals surface area contributed by atoms with Crippen molar-refractivity contribution in [2.75, 3.05) is 0 Å². The summed E-state index contributed by atoms with van der Waals surface area (Å²) < 4.78 is 42.9. The molecule has 102 valence electrons. The lowest BCUT2D eigenvalue weighted by Gasteiger charge is -2.07. The number of aromatic nitrogens is 1. The van der Waals surface area contributed by atoms with E-state index in [-0.39, 0.29) is 12.5 Å². The van der Waals surface area contributed by atoms with Gasteiger partial charge in [0, 0.05) is 12.5 Å². The number of hydrogen-bond donors (Lipinski definition) is 1. The van der Waals surface area contributed by atoms with Crippen LogP contribution in [0, 0.1) is 0 Å². The molecule has 0 spiro atoms. The highest BCUT2D eigenvalue weighted by Gasteiger charge is 2.30. The van der Waals surface area contributed by atoms with E-state index < -0.39 is 11.7 Å². The molecule has 3 nitrogen and oxygen atoms in total. The number of oxazole rings is 1. The van der Waals surface area contributed by atoms with Gasteiger partial charge < -0.3 is 10.2 Å². The highest BCUT2D eigenvalue weighted by atomic mass is 19.4. The first-order valence-electron chi connectivity index (χ1n) is 5.72. The number of benzene rings is 1. The van der Waals surface area contributed by atoms with E-state index in [1.165, 1.54) is 12.3 Å². The van der Waals surface area contributed by atoms with Gasteiger partial charge in [0.1, 0.15) is 6.26 Å². The van der Waals surface area contributed by atoms with E-state index in [0.717, 1.165) is 12.1 Å². The van der Waals surface area contributed by atoms with Crippen molar-refractivity contribution in [2.45, 2.75) is 25.6 Å². The lowest BCUT2D eigenvalue weighted by molar-refractivity contribution is -0.137. The van der Waals surface area contributed by atoms with E-state index in [1.54, 1.807) is 13.0 Å². The van der Waals surface area contributed by atoms with E-state index in [0.29, 0.717) is 17.1 Å². The Morgan fingerprint density at radius 3 is 2.68 bits per heavy atom. The van der Waals surface area contributed by atoms with Crippen LogP contribution in [0.25, 0.3) is 0 Å². The maximum absolute atomic E-state index is 12.6. The van der Waals surface area contributed by atoms with Gasteiger partial charge >= 0.3 is 6.18 Å². The Labute approximate surface area is 108 Å². The quantitative estimate of drug-likeness (QED) is 0.931. The van der Waals surface area contributed by atoms with Gasteiger partial charge in [-0.1, -0.05) is 18.2 Å². The number of nitrogens with zero attached hydrogens (tertiary/aromatic N) is 1. The highest BCUT2D eigenvalue weighted by Crippen LogP contribution is 2.29. The molecule has 19 heavy (non-hydrogen) atoms. The van der Waals surface area contributed by atoms with Gasteiger partial charge in [-0.2, -0.15) is 13.2 Å². The van der Waals surface area contributed by atoms with E-state index in [9.17, 15) is 13.2 Å². The van der Waals surface area contributed by atoms with Crippen molar-refractivity contribution in [1.29, 1.82) is 0 Å². The van der Waals surface area contributed by atoms with E-state index in [2.05, 4.69) is 4.98 Å². The largest absolute Gasteiger partial charge is 0.448 e. The van der Waals surface area contributed by atoms with E-state index in [4.69, 9.17) is 10.2 Å². The van der Waals surface area contributed by atoms with Gasteiger partial charge in [0.25, 0.3) is 0 Å². The molecule has 2 N–H and O–H groups in total. The molecule has 1 atom stereocenters. The van der Waals surface area contributed by atoms with Crippen LogP contribution in [0.3, 0.4) is 0 Å². The average molecular weight is 270 g/mol. The molecule has 0 bridgehead atoms. The molecule has 0 saturated heterocycles. The first kappa shape index (κ1) is 13.6. The second-order valence-electron chi connectivity index (χ2n) is 4.33. The average Bonchev–Trinajstić information content (AvgIpc) is 2.77. The first-order valence-corrected chi connectivity index (χ1v) is 5.72. The molecule has 0 radical (unpaired) electrons. The van der Waals surface area contributed by atoms with Crippen molar-refractivity contribution in [3.8, 4) is 0 Å². The van der Waals surface area contributed by atoms with Crippen molar-refractivity contribution in [3.05, 3.63) is 53.2 Å². The Hall–Kier alpha value is -1.82. The zero-order valence-electron chi connectivity index (χ0n) is 10.2. The molecule has 0 saturated carbocycles. The molecule has 0 fully saturated rings. The lowest BCUT2D eigenvalue weighted by Crippen LogP contribution is -2.06. The molecule has 0 aliphatic heterocycles. The summed E-state index contributed by atoms with van der Waals surface area (Å²) in [6, 6.07) is 4.83. The number of hydrogen-bond acceptors (Lipinski definition) is 3. The second-order valence-corrected chi connectivity index (χ2v) is 4.33. The Bertz CT molecular complexity index is 561. The fraction of sp³-hybridized carbons (Fsp3) is 0.308. The monoisotopic (exact) mass is 270 g/mol. The van der Waals surface area contributed by atoms with Gasteiger partial charge in [-0.15, -0.1) is 0 Å². The Balaban J connectivity index is 2.19. The smallest absolute Gasteiger partial charge is 0.416 e. The molecule has 1 unspecified atom stereocenters. The Morgan fingerprint density at radius 1 is 1.37 bits per heavy atom. The third-order valence-corrected chi connectivity index (χ3v) is 2.65. The molecular weight excluding hydrogens is 257 g/mol. The number of nitrogens with two attached hydrogens (primary N) is 1. The minimum Gasteiger partial charge on any atom is -0.448 e. The zero-order chi connectivity index (χ0) is 14.0. The Kier molecular flexibility index (Phi) is 3.61. The predicted octanol–water partition coefficient (Wildman–Crippen LogP) is 3.30. The molecule has 1 aromatic heterocycles. The third-order valence-electron chi connectivity index (χ3n) is 2.65. The standard InChI is InChI=1S/C13H13F3N2O/c1-8(17)11-7-19-12(18-11)6-9-3-2-4-10(5-9)13(14,15)16/h2-5,7-8H,6,17H2,1H3. The van der Waals surface area contributed by atoms with Crippen LogP contribution in [0.4, 0.5) is 13.2 Å². The van der Waals surface area contributed by atoms with Gasteiger partial charge in [-0.3, -0.25) is 0 Å². The van der Waals surface area contributed by atoms with Gasteiger partial charge in [0.05, 0.1) is 11.3 Å². The summed E-state index contributed by atoms with van der Waals surface area (Å²) in [5.41, 5.74) is 6.03. The fourth-order valence-corrected chi connectivity index (χ4v) is 1.65. The molecule has 0 aliphatic carbocycles. The van der Waals surface area contributed by atoms with Crippen LogP contribution in [0.1, 0.15) is 35.7 Å². The lowest BCUT2D eigenvalue weighted by atomic mass is 10.1. The summed E-state index contributed by atoms with van der Waals surface area (Å²) >= 11 is 0. The fourth-order valence-electron chi connectivity index (χ4n) is 1.65. The van der Waals surface area contributed by atoms with Crippen LogP contribution in [0.15, 0.2) is 34.9 Å². The normalized spacial score (nSPS) is 13.5. The summed E-state index contributed by atoms with van der Waals surface area (Å²) in [5, 5.41) is 0. The van der Waals surface area contributed by atoms with Crippen LogP contribution in [-0.4, -0.2) is 4.98 Å². The van der Waals surface area contributed by atoms with Crippen molar-refractivity contribution < 1.29 is 17.6 Å². The van der Waals surface area contributed by atoms with Gasteiger partial charge in [0.15, 0.2) is 5.89 Å². The van der Waals surface area contributed by atoms with Crippen LogP contribution < -0.4 is 5.73 Å². The van der Waals surface area contributed by atoms with Gasteiger partial charge in [-0.05, 0) is 18.6 Å². The molecule has 2 rings (SSSR count). The van der Waals surface area contributed by atoms with E-state index >= 15 is 0 Å². The molecule has 0 aliphatic rings. The topological polar surface area (TPSA) is 52.0 Å². The van der Waals surface area contributed by atoms with Crippen LogP contribution in [0.2, 0.25) is 0 Å². The van der Waals surface area contributed by atoms with Crippen LogP contribution in [0.5, 0.6) is 0 Å². The summed E-state index contributed by atoms with van der Waals surface area (Å²) in [6.45, 7) is 1.76. The van der Waals surface area contributed by atoms with Crippen molar-refractivity contribution in [1.82, 2.24) is 4.98 Å². The SMILES string of the molecule is CC(N)c1coc(Cc2cccc(C(F)(F)F)c2)n1. The van der Waals surface area contributed by atoms with Crippen molar-refractivity contribution in [3.63, 3.8) is 0 Å². The maximum Gasteiger partial charge on any atom is 0.416 e. The summed E-state index contributed by atoms with van der Waals surface area (Å²) in [4.78, 5) is 4.12. The minimum atomic E-state index is -4.34. The molecular formula is C13H13F3N2O. The summed E-state index contributed by atoms with van der Waals surface area (Å²) in [5.74, 6) is 0.353. The molecule has 2 aromatic rings. The van der Waals surface area contributed by atoms with Crippen LogP contribution >= 0.6 is 0 Å². The first-order chi connectivity index (χ1) is 8.86. The van der Waals surface area contributed by atoms with E-state index in [1.807, 2.05) is 0 Å². The van der Waals surface area contributed by atoms with Gasteiger partial charge in [-0.25, -0.2) is 4.98 Å². The van der Waals surface area contributed by atoms with Crippen molar-refractivity contribution in [2.24, 2.45) is 5.73 Å². The van der Waals surface area contributed by atoms with Gasteiger partial charge in [0.2, 0.25) is 0 Å². The summed E-state index contributed by atoms with van der Waals surface area (Å²) in [6.07, 6.45) is -2.71. The molecule has 1 heterocycles. The molecule has 6 heteroatoms. The van der Waals surface area contributed by atoms with Crippen LogP contribution in [-0.2, 0) is 12.6 Å². The van der Waals surface area contributed by atoms with Crippen molar-refractivity contribution >= 4 is 0 Å².